The topological polar surface area (TPSA) is 98.8 Å². The molecule has 28 heavy (non-hydrogen) atoms. The average molecular weight is 382 g/mol. The number of hydrogen-bond donors (Lipinski definition) is 2. The number of nitrogens with zero attached hydrogens (tertiary/aromatic N) is 2. The van der Waals surface area contributed by atoms with Crippen molar-refractivity contribution < 1.29 is 19.2 Å². The molecule has 3 saturated heterocycles. The highest BCUT2D eigenvalue weighted by molar-refractivity contribution is 6.23. The van der Waals surface area contributed by atoms with Crippen LogP contribution in [-0.2, 0) is 9.59 Å². The lowest BCUT2D eigenvalue weighted by Gasteiger charge is -2.27. The van der Waals surface area contributed by atoms with Gasteiger partial charge in [-0.15, -0.1) is 0 Å². The molecule has 3 atom stereocenters. The lowest BCUT2D eigenvalue weighted by Crippen LogP contribution is -2.54. The fourth-order valence-corrected chi connectivity index (χ4v) is 5.01. The number of rotatable bonds is 2. The third kappa shape index (κ3) is 2.40. The molecule has 0 aromatic heterocycles. The first-order chi connectivity index (χ1) is 13.4. The Morgan fingerprint density at radius 2 is 1.89 bits per heavy atom. The van der Waals surface area contributed by atoms with Crippen molar-refractivity contribution in [1.29, 1.82) is 0 Å². The first-order valence-corrected chi connectivity index (χ1v) is 9.69. The lowest BCUT2D eigenvalue weighted by atomic mass is 9.83. The highest BCUT2D eigenvalue weighted by atomic mass is 16.2. The van der Waals surface area contributed by atoms with Gasteiger partial charge in [-0.1, -0.05) is 6.92 Å². The van der Waals surface area contributed by atoms with Crippen molar-refractivity contribution in [3.8, 4) is 0 Å². The van der Waals surface area contributed by atoms with Crippen LogP contribution in [0.4, 0.5) is 5.69 Å². The van der Waals surface area contributed by atoms with Crippen LogP contribution < -0.4 is 15.5 Å². The van der Waals surface area contributed by atoms with E-state index < -0.39 is 23.8 Å². The number of piperidine rings is 1. The molecule has 4 aliphatic rings. The van der Waals surface area contributed by atoms with Gasteiger partial charge in [0.25, 0.3) is 11.8 Å². The molecule has 3 fully saturated rings. The Kier molecular flexibility index (Phi) is 3.64. The van der Waals surface area contributed by atoms with Gasteiger partial charge < -0.3 is 10.2 Å². The summed E-state index contributed by atoms with van der Waals surface area (Å²) in [6.45, 7) is 6.09. The third-order valence-corrected chi connectivity index (χ3v) is 6.69. The van der Waals surface area contributed by atoms with Gasteiger partial charge in [0.15, 0.2) is 0 Å². The van der Waals surface area contributed by atoms with Crippen molar-refractivity contribution in [3.05, 3.63) is 29.3 Å². The zero-order valence-electron chi connectivity index (χ0n) is 15.7. The maximum absolute atomic E-state index is 13.0. The summed E-state index contributed by atoms with van der Waals surface area (Å²) in [7, 11) is 0. The van der Waals surface area contributed by atoms with E-state index in [-0.39, 0.29) is 24.2 Å². The first kappa shape index (κ1) is 17.4. The van der Waals surface area contributed by atoms with E-state index in [1.807, 2.05) is 6.07 Å². The number of carbonyl (C=O) groups is 4. The summed E-state index contributed by atoms with van der Waals surface area (Å²) in [5.41, 5.74) is 1.82. The normalized spacial score (nSPS) is 32.0. The van der Waals surface area contributed by atoms with Gasteiger partial charge >= 0.3 is 0 Å². The van der Waals surface area contributed by atoms with Gasteiger partial charge in [0.2, 0.25) is 11.8 Å². The van der Waals surface area contributed by atoms with Crippen LogP contribution in [0.15, 0.2) is 18.2 Å². The van der Waals surface area contributed by atoms with Crippen LogP contribution in [0, 0.1) is 11.3 Å². The van der Waals surface area contributed by atoms with E-state index in [1.165, 1.54) is 0 Å². The Morgan fingerprint density at radius 1 is 1.11 bits per heavy atom. The van der Waals surface area contributed by atoms with Gasteiger partial charge in [-0.2, -0.15) is 0 Å². The number of fused-ring (bicyclic) bond motifs is 2. The molecule has 5 rings (SSSR count). The molecule has 8 heteroatoms. The van der Waals surface area contributed by atoms with E-state index in [0.29, 0.717) is 17.0 Å². The van der Waals surface area contributed by atoms with Gasteiger partial charge in [0.05, 0.1) is 11.1 Å². The molecule has 4 amide bonds. The number of nitrogens with one attached hydrogen (secondary N) is 2. The van der Waals surface area contributed by atoms with Crippen LogP contribution in [0.25, 0.3) is 0 Å². The molecule has 0 saturated carbocycles. The summed E-state index contributed by atoms with van der Waals surface area (Å²) in [5, 5.41) is 5.67. The SMILES string of the molecule is C[C@@]12CNC[C@@H]1CN(c1ccc3c(c1)C(=O)N(C1CCC(=O)NC1=O)C3=O)C2. The van der Waals surface area contributed by atoms with Crippen LogP contribution in [0.2, 0.25) is 0 Å². The van der Waals surface area contributed by atoms with E-state index in [0.717, 1.165) is 36.8 Å². The lowest BCUT2D eigenvalue weighted by molar-refractivity contribution is -0.136. The molecule has 0 radical (unpaired) electrons. The van der Waals surface area contributed by atoms with Crippen LogP contribution in [-0.4, -0.2) is 60.7 Å². The summed E-state index contributed by atoms with van der Waals surface area (Å²) in [6, 6.07) is 4.42. The Morgan fingerprint density at radius 3 is 2.64 bits per heavy atom. The van der Waals surface area contributed by atoms with E-state index >= 15 is 0 Å². The zero-order valence-corrected chi connectivity index (χ0v) is 15.7. The quantitative estimate of drug-likeness (QED) is 0.706. The van der Waals surface area contributed by atoms with E-state index in [4.69, 9.17) is 0 Å². The van der Waals surface area contributed by atoms with Crippen molar-refractivity contribution in [2.75, 3.05) is 31.1 Å². The van der Waals surface area contributed by atoms with E-state index in [9.17, 15) is 19.2 Å². The fraction of sp³-hybridized carbons (Fsp3) is 0.500. The second-order valence-electron chi connectivity index (χ2n) is 8.54. The van der Waals surface area contributed by atoms with Crippen LogP contribution >= 0.6 is 0 Å². The Hall–Kier alpha value is -2.74. The minimum Gasteiger partial charge on any atom is -0.371 e. The number of carbonyl (C=O) groups excluding carboxylic acids is 4. The Labute approximate surface area is 162 Å². The van der Waals surface area contributed by atoms with Crippen molar-refractivity contribution in [3.63, 3.8) is 0 Å². The highest BCUT2D eigenvalue weighted by Gasteiger charge is 2.47. The number of amides is 4. The molecule has 0 spiro atoms. The molecule has 1 aromatic carbocycles. The second kappa shape index (κ2) is 5.88. The molecule has 0 aliphatic carbocycles. The third-order valence-electron chi connectivity index (χ3n) is 6.69. The first-order valence-electron chi connectivity index (χ1n) is 9.69. The van der Waals surface area contributed by atoms with Crippen molar-refractivity contribution in [1.82, 2.24) is 15.5 Å². The van der Waals surface area contributed by atoms with Crippen molar-refractivity contribution in [2.24, 2.45) is 11.3 Å². The molecule has 1 aromatic rings. The van der Waals surface area contributed by atoms with Gasteiger partial charge in [-0.25, -0.2) is 0 Å². The predicted molar refractivity (Wildman–Crippen MR) is 99.8 cm³/mol. The van der Waals surface area contributed by atoms with Crippen LogP contribution in [0.1, 0.15) is 40.5 Å². The van der Waals surface area contributed by atoms with E-state index in [1.54, 1.807) is 12.1 Å². The van der Waals surface area contributed by atoms with Crippen molar-refractivity contribution in [2.45, 2.75) is 25.8 Å². The monoisotopic (exact) mass is 382 g/mol. The predicted octanol–water partition coefficient (Wildman–Crippen LogP) is 0.134. The molecule has 4 heterocycles. The number of hydrogen-bond acceptors (Lipinski definition) is 6. The summed E-state index contributed by atoms with van der Waals surface area (Å²) in [5.74, 6) is -1.31. The number of anilines is 1. The molecular formula is C20H22N4O4. The minimum absolute atomic E-state index is 0.122. The van der Waals surface area contributed by atoms with E-state index in [2.05, 4.69) is 22.5 Å². The smallest absolute Gasteiger partial charge is 0.262 e. The van der Waals surface area contributed by atoms with Gasteiger partial charge in [-0.3, -0.25) is 29.4 Å². The summed E-state index contributed by atoms with van der Waals surface area (Å²) >= 11 is 0. The molecular weight excluding hydrogens is 360 g/mol. The standard InChI is InChI=1S/C20H22N4O4/c1-20-9-21-7-11(20)8-23(10-20)12-2-3-13-14(6-12)19(28)24(18(13)27)15-4-5-16(25)22-17(15)26/h2-3,6,11,15,21H,4-5,7-10H2,1H3,(H,22,25,26)/t11-,15?,20+/m1/s1. The maximum atomic E-state index is 13.0. The fourth-order valence-electron chi connectivity index (χ4n) is 5.01. The van der Waals surface area contributed by atoms with Gasteiger partial charge in [0.1, 0.15) is 6.04 Å². The maximum Gasteiger partial charge on any atom is 0.262 e. The molecule has 0 bridgehead atoms. The zero-order chi connectivity index (χ0) is 19.6. The summed E-state index contributed by atoms with van der Waals surface area (Å²) in [4.78, 5) is 52.6. The largest absolute Gasteiger partial charge is 0.371 e. The molecule has 2 N–H and O–H groups in total. The van der Waals surface area contributed by atoms with Crippen LogP contribution in [0.5, 0.6) is 0 Å². The Bertz CT molecular complexity index is 929. The van der Waals surface area contributed by atoms with Crippen molar-refractivity contribution >= 4 is 29.3 Å². The minimum atomic E-state index is -0.926. The summed E-state index contributed by atoms with van der Waals surface area (Å²) < 4.78 is 0. The molecule has 8 nitrogen and oxygen atoms in total. The van der Waals surface area contributed by atoms with Gasteiger partial charge in [0, 0.05) is 43.7 Å². The highest BCUT2D eigenvalue weighted by Crippen LogP contribution is 2.41. The van der Waals surface area contributed by atoms with Crippen LogP contribution in [0.3, 0.4) is 0 Å². The number of benzene rings is 1. The second-order valence-corrected chi connectivity index (χ2v) is 8.54. The molecule has 1 unspecified atom stereocenters. The average Bonchev–Trinajstić information content (AvgIpc) is 3.24. The molecule has 4 aliphatic heterocycles. The summed E-state index contributed by atoms with van der Waals surface area (Å²) in [6.07, 6.45) is 0.291. The molecule has 146 valence electrons. The number of imide groups is 2. The Balaban J connectivity index is 1.42. The van der Waals surface area contributed by atoms with Gasteiger partial charge in [-0.05, 0) is 30.5 Å².